The van der Waals surface area contributed by atoms with E-state index in [0.29, 0.717) is 6.54 Å². The van der Waals surface area contributed by atoms with Gasteiger partial charge in [0.2, 0.25) is 0 Å². The van der Waals surface area contributed by atoms with E-state index in [1.54, 1.807) is 0 Å². The normalized spacial score (nSPS) is 15.4. The molecule has 0 atom stereocenters. The molecular weight excluding hydrogens is 322 g/mol. The lowest BCUT2D eigenvalue weighted by Crippen LogP contribution is -2.41. The molecular formula is C21H29N5. The number of nitrogens with one attached hydrogen (secondary N) is 2. The maximum atomic E-state index is 4.72. The highest BCUT2D eigenvalue weighted by Crippen LogP contribution is 2.47. The minimum absolute atomic E-state index is 0.264. The summed E-state index contributed by atoms with van der Waals surface area (Å²) in [5.41, 5.74) is 2.65. The Balaban J connectivity index is 1.64. The summed E-state index contributed by atoms with van der Waals surface area (Å²) < 4.78 is 0. The molecule has 0 unspecified atom stereocenters. The van der Waals surface area contributed by atoms with Crippen molar-refractivity contribution >= 4 is 11.8 Å². The molecule has 2 N–H and O–H groups in total. The van der Waals surface area contributed by atoms with Crippen LogP contribution in [0.5, 0.6) is 0 Å². The van der Waals surface area contributed by atoms with Gasteiger partial charge in [0, 0.05) is 32.6 Å². The number of nitrogens with zero attached hydrogens (tertiary/aromatic N) is 3. The standard InChI is InChI=1S/C21H29N5/c1-4-22-20(23-15-18-11-8-12-19(25-18)26(2)3)24-16-21(13-14-21)17-9-6-5-7-10-17/h5-12H,4,13-16H2,1-3H3,(H2,22,23,24). The van der Waals surface area contributed by atoms with E-state index in [0.717, 1.165) is 30.6 Å². The predicted octanol–water partition coefficient (Wildman–Crippen LogP) is 2.93. The molecule has 5 heteroatoms. The van der Waals surface area contributed by atoms with Crippen molar-refractivity contribution in [2.24, 2.45) is 4.99 Å². The van der Waals surface area contributed by atoms with Gasteiger partial charge in [0.05, 0.1) is 12.2 Å². The van der Waals surface area contributed by atoms with Crippen molar-refractivity contribution in [2.75, 3.05) is 32.1 Å². The zero-order chi connectivity index (χ0) is 18.4. The smallest absolute Gasteiger partial charge is 0.191 e. The number of aliphatic imine (C=N–C) groups is 1. The predicted molar refractivity (Wildman–Crippen MR) is 109 cm³/mol. The Bertz CT molecular complexity index is 735. The summed E-state index contributed by atoms with van der Waals surface area (Å²) in [6.07, 6.45) is 2.46. The van der Waals surface area contributed by atoms with Crippen molar-refractivity contribution in [3.05, 3.63) is 59.8 Å². The highest BCUT2D eigenvalue weighted by Gasteiger charge is 2.43. The van der Waals surface area contributed by atoms with Gasteiger partial charge < -0.3 is 15.5 Å². The van der Waals surface area contributed by atoms with E-state index in [1.807, 2.05) is 37.2 Å². The zero-order valence-electron chi connectivity index (χ0n) is 16.0. The van der Waals surface area contributed by atoms with Gasteiger partial charge in [-0.2, -0.15) is 0 Å². The van der Waals surface area contributed by atoms with Crippen molar-refractivity contribution in [3.8, 4) is 0 Å². The topological polar surface area (TPSA) is 52.6 Å². The van der Waals surface area contributed by atoms with Gasteiger partial charge in [-0.1, -0.05) is 36.4 Å². The van der Waals surface area contributed by atoms with Crippen LogP contribution in [-0.2, 0) is 12.0 Å². The molecule has 0 amide bonds. The monoisotopic (exact) mass is 351 g/mol. The van der Waals surface area contributed by atoms with Crippen LogP contribution in [0.2, 0.25) is 0 Å². The lowest BCUT2D eigenvalue weighted by molar-refractivity contribution is 0.645. The number of benzene rings is 1. The lowest BCUT2D eigenvalue weighted by Gasteiger charge is -2.19. The van der Waals surface area contributed by atoms with Crippen LogP contribution in [0, 0.1) is 0 Å². The van der Waals surface area contributed by atoms with Gasteiger partial charge in [-0.05, 0) is 37.5 Å². The number of aromatic nitrogens is 1. The first-order valence-electron chi connectivity index (χ1n) is 9.34. The molecule has 0 radical (unpaired) electrons. The third-order valence-electron chi connectivity index (χ3n) is 4.83. The van der Waals surface area contributed by atoms with E-state index in [4.69, 9.17) is 4.99 Å². The molecule has 2 aromatic rings. The first-order valence-corrected chi connectivity index (χ1v) is 9.34. The summed E-state index contributed by atoms with van der Waals surface area (Å²) in [4.78, 5) is 11.4. The molecule has 1 aliphatic carbocycles. The van der Waals surface area contributed by atoms with Crippen molar-refractivity contribution in [1.29, 1.82) is 0 Å². The van der Waals surface area contributed by atoms with Crippen molar-refractivity contribution in [3.63, 3.8) is 0 Å². The second kappa shape index (κ2) is 8.21. The quantitative estimate of drug-likeness (QED) is 0.595. The molecule has 26 heavy (non-hydrogen) atoms. The third kappa shape index (κ3) is 4.54. The SMILES string of the molecule is CCNC(=NCc1cccc(N(C)C)n1)NCC1(c2ccccc2)CC1. The van der Waals surface area contributed by atoms with Crippen molar-refractivity contribution in [2.45, 2.75) is 31.7 Å². The fraction of sp³-hybridized carbons (Fsp3) is 0.429. The van der Waals surface area contributed by atoms with Gasteiger partial charge in [-0.15, -0.1) is 0 Å². The molecule has 1 saturated carbocycles. The van der Waals surface area contributed by atoms with Crippen LogP contribution < -0.4 is 15.5 Å². The molecule has 3 rings (SSSR count). The number of hydrogen-bond donors (Lipinski definition) is 2. The van der Waals surface area contributed by atoms with E-state index in [1.165, 1.54) is 18.4 Å². The minimum Gasteiger partial charge on any atom is -0.363 e. The van der Waals surface area contributed by atoms with E-state index in [9.17, 15) is 0 Å². The maximum absolute atomic E-state index is 4.72. The Morgan fingerprint density at radius 2 is 1.85 bits per heavy atom. The average Bonchev–Trinajstić information content (AvgIpc) is 3.46. The van der Waals surface area contributed by atoms with E-state index in [-0.39, 0.29) is 5.41 Å². The number of rotatable bonds is 7. The van der Waals surface area contributed by atoms with Gasteiger partial charge in [-0.3, -0.25) is 0 Å². The molecule has 1 aromatic heterocycles. The summed E-state index contributed by atoms with van der Waals surface area (Å²) in [6, 6.07) is 16.8. The average molecular weight is 351 g/mol. The Kier molecular flexibility index (Phi) is 5.76. The highest BCUT2D eigenvalue weighted by molar-refractivity contribution is 5.80. The Morgan fingerprint density at radius 3 is 2.50 bits per heavy atom. The zero-order valence-corrected chi connectivity index (χ0v) is 16.0. The maximum Gasteiger partial charge on any atom is 0.191 e. The molecule has 0 aliphatic heterocycles. The number of hydrogen-bond acceptors (Lipinski definition) is 3. The van der Waals surface area contributed by atoms with Crippen LogP contribution in [0.4, 0.5) is 5.82 Å². The van der Waals surface area contributed by atoms with Crippen molar-refractivity contribution in [1.82, 2.24) is 15.6 Å². The Morgan fingerprint density at radius 1 is 1.08 bits per heavy atom. The summed E-state index contributed by atoms with van der Waals surface area (Å²) in [5.74, 6) is 1.81. The first kappa shape index (κ1) is 18.2. The van der Waals surface area contributed by atoms with Gasteiger partial charge in [0.25, 0.3) is 0 Å². The number of pyridine rings is 1. The Labute approximate surface area is 156 Å². The molecule has 1 heterocycles. The molecule has 0 spiro atoms. The van der Waals surface area contributed by atoms with Crippen molar-refractivity contribution < 1.29 is 0 Å². The summed E-state index contributed by atoms with van der Waals surface area (Å²) in [6.45, 7) is 4.41. The van der Waals surface area contributed by atoms with Gasteiger partial charge in [0.15, 0.2) is 5.96 Å². The van der Waals surface area contributed by atoms with E-state index < -0.39 is 0 Å². The van der Waals surface area contributed by atoms with Gasteiger partial charge >= 0.3 is 0 Å². The second-order valence-corrected chi connectivity index (χ2v) is 7.08. The summed E-state index contributed by atoms with van der Waals surface area (Å²) in [5, 5.41) is 6.87. The summed E-state index contributed by atoms with van der Waals surface area (Å²) in [7, 11) is 4.00. The van der Waals surface area contributed by atoms with Crippen LogP contribution in [0.25, 0.3) is 0 Å². The number of guanidine groups is 1. The fourth-order valence-electron chi connectivity index (χ4n) is 3.07. The molecule has 138 valence electrons. The largest absolute Gasteiger partial charge is 0.363 e. The van der Waals surface area contributed by atoms with Crippen LogP contribution in [-0.4, -0.2) is 38.1 Å². The van der Waals surface area contributed by atoms with Crippen LogP contribution in [0.15, 0.2) is 53.5 Å². The molecule has 0 bridgehead atoms. The number of anilines is 1. The minimum atomic E-state index is 0.264. The van der Waals surface area contributed by atoms with E-state index >= 15 is 0 Å². The lowest BCUT2D eigenvalue weighted by atomic mass is 9.96. The van der Waals surface area contributed by atoms with Crippen LogP contribution in [0.1, 0.15) is 31.0 Å². The second-order valence-electron chi connectivity index (χ2n) is 7.08. The summed E-state index contributed by atoms with van der Waals surface area (Å²) >= 11 is 0. The first-order chi connectivity index (χ1) is 12.6. The van der Waals surface area contributed by atoms with Crippen LogP contribution in [0.3, 0.4) is 0 Å². The van der Waals surface area contributed by atoms with Gasteiger partial charge in [0.1, 0.15) is 5.82 Å². The fourth-order valence-corrected chi connectivity index (χ4v) is 3.07. The molecule has 1 fully saturated rings. The van der Waals surface area contributed by atoms with Crippen LogP contribution >= 0.6 is 0 Å². The Hall–Kier alpha value is -2.56. The molecule has 0 saturated heterocycles. The molecule has 1 aliphatic rings. The molecule has 1 aromatic carbocycles. The van der Waals surface area contributed by atoms with Gasteiger partial charge in [-0.25, -0.2) is 9.98 Å². The molecule has 5 nitrogen and oxygen atoms in total. The third-order valence-corrected chi connectivity index (χ3v) is 4.83. The van der Waals surface area contributed by atoms with E-state index in [2.05, 4.69) is 52.9 Å². The highest BCUT2D eigenvalue weighted by atomic mass is 15.2.